The van der Waals surface area contributed by atoms with Crippen LogP contribution in [0.2, 0.25) is 0 Å². The van der Waals surface area contributed by atoms with E-state index in [2.05, 4.69) is 6.58 Å². The van der Waals surface area contributed by atoms with Gasteiger partial charge in [0.25, 0.3) is 0 Å². The molecule has 0 amide bonds. The summed E-state index contributed by atoms with van der Waals surface area (Å²) in [6.07, 6.45) is 7.42. The molecule has 1 aliphatic carbocycles. The van der Waals surface area contributed by atoms with E-state index in [0.717, 1.165) is 11.0 Å². The monoisotopic (exact) mass is 251 g/mol. The number of hydrogen-bond donors (Lipinski definition) is 0. The molecule has 19 heavy (non-hydrogen) atoms. The van der Waals surface area contributed by atoms with Crippen LogP contribution in [-0.4, -0.2) is 5.78 Å². The fourth-order valence-corrected chi connectivity index (χ4v) is 1.80. The highest BCUT2D eigenvalue weighted by Gasteiger charge is 2.11. The fourth-order valence-electron chi connectivity index (χ4n) is 1.80. The summed E-state index contributed by atoms with van der Waals surface area (Å²) in [4.78, 5) is 11.2. The molecule has 1 aromatic carbocycles. The molecular formula is C16H11O3+. The predicted molar refractivity (Wildman–Crippen MR) is 74.4 cm³/mol. The number of allylic oxidation sites excluding steroid dienone is 5. The van der Waals surface area contributed by atoms with E-state index >= 15 is 0 Å². The van der Waals surface area contributed by atoms with Crippen LogP contribution in [0.3, 0.4) is 0 Å². The Bertz CT molecular complexity index is 786. The highest BCUT2D eigenvalue weighted by Crippen LogP contribution is 2.20. The van der Waals surface area contributed by atoms with Gasteiger partial charge < -0.3 is 4.42 Å². The molecule has 3 rings (SSSR count). The molecule has 0 radical (unpaired) electrons. The molecule has 0 unspecified atom stereocenters. The number of rotatable bonds is 1. The largest absolute Gasteiger partial charge is 0.422 e. The fraction of sp³-hybridized carbons (Fsp3) is 0. The van der Waals surface area contributed by atoms with Gasteiger partial charge in [-0.15, -0.1) is 0 Å². The van der Waals surface area contributed by atoms with Crippen LogP contribution in [0.1, 0.15) is 0 Å². The van der Waals surface area contributed by atoms with Gasteiger partial charge in [0.2, 0.25) is 0 Å². The summed E-state index contributed by atoms with van der Waals surface area (Å²) in [5.74, 6) is 1.34. The van der Waals surface area contributed by atoms with Gasteiger partial charge in [-0.3, -0.25) is 0 Å². The summed E-state index contributed by atoms with van der Waals surface area (Å²) >= 11 is 0. The molecule has 0 N–H and O–H groups in total. The number of benzene rings is 1. The Morgan fingerprint density at radius 2 is 1.74 bits per heavy atom. The Kier molecular flexibility index (Phi) is 2.72. The molecule has 3 heteroatoms. The average Bonchev–Trinajstić information content (AvgIpc) is 2.41. The lowest BCUT2D eigenvalue weighted by molar-refractivity contribution is -0.364. The first-order chi connectivity index (χ1) is 9.20. The van der Waals surface area contributed by atoms with Crippen LogP contribution in [0.15, 0.2) is 76.0 Å². The molecule has 0 saturated heterocycles. The lowest BCUT2D eigenvalue weighted by Gasteiger charge is -1.94. The number of hydrogen-bond acceptors (Lipinski definition) is 2. The van der Waals surface area contributed by atoms with Crippen molar-refractivity contribution in [2.45, 2.75) is 0 Å². The maximum atomic E-state index is 11.2. The third-order valence-electron chi connectivity index (χ3n) is 2.75. The highest BCUT2D eigenvalue weighted by atomic mass is 16.4. The number of fused-ring (bicyclic) bond motifs is 1. The molecule has 0 atom stereocenters. The van der Waals surface area contributed by atoms with Crippen molar-refractivity contribution in [2.75, 3.05) is 0 Å². The number of ketones is 1. The second-order valence-corrected chi connectivity index (χ2v) is 4.20. The minimum absolute atomic E-state index is 0.369. The molecule has 0 saturated carbocycles. The normalized spacial score (nSPS) is 14.1. The molecule has 0 aliphatic heterocycles. The molecule has 0 fully saturated rings. The van der Waals surface area contributed by atoms with Gasteiger partial charge in [-0.25, -0.2) is 9.22 Å². The topological polar surface area (TPSA) is 41.5 Å². The lowest BCUT2D eigenvalue weighted by Crippen LogP contribution is -1.96. The van der Waals surface area contributed by atoms with Crippen LogP contribution < -0.4 is 5.63 Å². The van der Waals surface area contributed by atoms with Gasteiger partial charge >= 0.3 is 17.2 Å². The summed E-state index contributed by atoms with van der Waals surface area (Å²) in [6, 6.07) is 8.51. The lowest BCUT2D eigenvalue weighted by atomic mass is 10.1. The summed E-state index contributed by atoms with van der Waals surface area (Å²) < 4.78 is 10.8. The smallest absolute Gasteiger partial charge is 0.357 e. The van der Waals surface area contributed by atoms with Gasteiger partial charge in [0, 0.05) is 29.7 Å². The number of carbonyl (C=O) groups excluding carboxylic acids is 1. The first-order valence-electron chi connectivity index (χ1n) is 5.84. The molecule has 0 spiro atoms. The molecule has 3 nitrogen and oxygen atoms in total. The Labute approximate surface area is 109 Å². The second-order valence-electron chi connectivity index (χ2n) is 4.20. The standard InChI is InChI=1S/C16H11O3/c1-11-2-6-13(7-3-11)18-14-8-4-12-5-9-16(17)19-15(12)10-14/h2-10H,1H2/q+1. The SMILES string of the molecule is C=C1C=CC(=[O+]c2ccc3ccc(=O)oc3c2)C=C1. The quantitative estimate of drug-likeness (QED) is 0.576. The third kappa shape index (κ3) is 2.45. The maximum Gasteiger partial charge on any atom is 0.357 e. The molecule has 2 aromatic rings. The van der Waals surface area contributed by atoms with Crippen molar-refractivity contribution < 1.29 is 8.84 Å². The minimum atomic E-state index is -0.369. The first-order valence-corrected chi connectivity index (χ1v) is 5.84. The van der Waals surface area contributed by atoms with E-state index in [0.29, 0.717) is 17.1 Å². The van der Waals surface area contributed by atoms with Crippen molar-refractivity contribution in [1.82, 2.24) is 0 Å². The van der Waals surface area contributed by atoms with Crippen molar-refractivity contribution in [1.29, 1.82) is 0 Å². The van der Waals surface area contributed by atoms with E-state index in [1.54, 1.807) is 12.1 Å². The molecule has 1 aliphatic rings. The Morgan fingerprint density at radius 1 is 1.00 bits per heavy atom. The van der Waals surface area contributed by atoms with Crippen molar-refractivity contribution in [2.24, 2.45) is 0 Å². The van der Waals surface area contributed by atoms with Gasteiger partial charge in [-0.1, -0.05) is 6.58 Å². The molecule has 1 heterocycles. The van der Waals surface area contributed by atoms with E-state index in [-0.39, 0.29) is 5.63 Å². The summed E-state index contributed by atoms with van der Waals surface area (Å²) in [7, 11) is 0. The van der Waals surface area contributed by atoms with E-state index in [9.17, 15) is 4.79 Å². The summed E-state index contributed by atoms with van der Waals surface area (Å²) in [6.45, 7) is 3.81. The van der Waals surface area contributed by atoms with Gasteiger partial charge in [-0.2, -0.15) is 0 Å². The van der Waals surface area contributed by atoms with Crippen LogP contribution in [0.4, 0.5) is 0 Å². The summed E-state index contributed by atoms with van der Waals surface area (Å²) in [5, 5.41) is 0.861. The first kappa shape index (κ1) is 11.4. The molecule has 0 bridgehead atoms. The molecular weight excluding hydrogens is 240 g/mol. The van der Waals surface area contributed by atoms with Crippen molar-refractivity contribution in [3.8, 4) is 5.75 Å². The predicted octanol–water partition coefficient (Wildman–Crippen LogP) is 3.29. The van der Waals surface area contributed by atoms with Crippen LogP contribution >= 0.6 is 0 Å². The highest BCUT2D eigenvalue weighted by molar-refractivity contribution is 6.02. The van der Waals surface area contributed by atoms with Crippen LogP contribution in [-0.2, 0) is 4.42 Å². The average molecular weight is 251 g/mol. The third-order valence-corrected chi connectivity index (χ3v) is 2.75. The maximum absolute atomic E-state index is 11.2. The Hall–Kier alpha value is -2.68. The van der Waals surface area contributed by atoms with E-state index in [1.807, 2.05) is 36.4 Å². The second kappa shape index (κ2) is 4.53. The van der Waals surface area contributed by atoms with E-state index < -0.39 is 0 Å². The Morgan fingerprint density at radius 3 is 2.53 bits per heavy atom. The zero-order valence-electron chi connectivity index (χ0n) is 10.1. The van der Waals surface area contributed by atoms with Gasteiger partial charge in [0.15, 0.2) is 0 Å². The van der Waals surface area contributed by atoms with Crippen molar-refractivity contribution in [3.63, 3.8) is 0 Å². The van der Waals surface area contributed by atoms with Crippen LogP contribution in [0, 0.1) is 0 Å². The molecule has 92 valence electrons. The zero-order chi connectivity index (χ0) is 13.2. The van der Waals surface area contributed by atoms with E-state index in [4.69, 9.17) is 8.84 Å². The van der Waals surface area contributed by atoms with Gasteiger partial charge in [-0.05, 0) is 29.9 Å². The van der Waals surface area contributed by atoms with Gasteiger partial charge in [0.05, 0.1) is 6.07 Å². The molecule has 1 aromatic heterocycles. The van der Waals surface area contributed by atoms with Crippen LogP contribution in [0.5, 0.6) is 5.75 Å². The van der Waals surface area contributed by atoms with Gasteiger partial charge in [0.1, 0.15) is 5.58 Å². The van der Waals surface area contributed by atoms with Crippen LogP contribution in [0.25, 0.3) is 11.0 Å². The minimum Gasteiger partial charge on any atom is -0.422 e. The summed E-state index contributed by atoms with van der Waals surface area (Å²) in [5.41, 5.74) is 1.07. The Balaban J connectivity index is 2.04. The zero-order valence-corrected chi connectivity index (χ0v) is 10.1. The van der Waals surface area contributed by atoms with Crippen molar-refractivity contribution in [3.05, 3.63) is 77.2 Å². The van der Waals surface area contributed by atoms with E-state index in [1.165, 1.54) is 6.07 Å². The van der Waals surface area contributed by atoms with Crippen molar-refractivity contribution >= 4 is 16.8 Å².